The highest BCUT2D eigenvalue weighted by Crippen LogP contribution is 2.37. The van der Waals surface area contributed by atoms with Crippen molar-refractivity contribution in [1.29, 1.82) is 0 Å². The molecule has 12 nitrogen and oxygen atoms in total. The summed E-state index contributed by atoms with van der Waals surface area (Å²) in [5.41, 5.74) is 3.35. The summed E-state index contributed by atoms with van der Waals surface area (Å²) in [5.74, 6) is 0.877. The van der Waals surface area contributed by atoms with E-state index >= 15 is 0 Å². The van der Waals surface area contributed by atoms with Crippen molar-refractivity contribution in [3.63, 3.8) is 0 Å². The quantitative estimate of drug-likeness (QED) is 0.194. The Balaban J connectivity index is 1.37. The molecule has 5 rings (SSSR count). The van der Waals surface area contributed by atoms with E-state index in [9.17, 15) is 18.3 Å². The van der Waals surface area contributed by atoms with Crippen LogP contribution in [0.4, 0.5) is 23.3 Å². The van der Waals surface area contributed by atoms with Crippen LogP contribution in [0.25, 0.3) is 5.65 Å². The van der Waals surface area contributed by atoms with E-state index in [1.165, 1.54) is 4.52 Å². The van der Waals surface area contributed by atoms with E-state index < -0.39 is 15.1 Å². The highest BCUT2D eigenvalue weighted by atomic mass is 32.2. The van der Waals surface area contributed by atoms with Crippen molar-refractivity contribution in [2.75, 3.05) is 36.8 Å². The number of aryl methyl sites for hydroxylation is 1. The molecular weight excluding hydrogens is 568 g/mol. The zero-order valence-corrected chi connectivity index (χ0v) is 25.6. The molecule has 2 aromatic heterocycles. The molecule has 3 heterocycles. The molecule has 2 aromatic carbocycles. The van der Waals surface area contributed by atoms with Crippen LogP contribution in [0.1, 0.15) is 50.7 Å². The Morgan fingerprint density at radius 3 is 2.53 bits per heavy atom. The molecule has 228 valence electrons. The third-order valence-electron chi connectivity index (χ3n) is 7.76. The number of amides is 1. The number of nitrogens with one attached hydrogen (secondary N) is 3. The standard InChI is InChI=1S/C30H38N8O4S/c1-5-31-18-28(40)37-14-11-21(12-15-37)22-17-25(39)24(16-20(22)4)33-29-35-27-10-13-32-38(27)30(36-29)34-23-8-6-7-9-26(23)43(41,42)19(2)3/h6-10,13,16-17,19,21,31,39H,5,11-12,14-15,18H2,1-4H3,(H2,33,34,35,36). The Morgan fingerprint density at radius 1 is 1.07 bits per heavy atom. The Labute approximate surface area is 251 Å². The van der Waals surface area contributed by atoms with Crippen LogP contribution in [-0.2, 0) is 14.6 Å². The summed E-state index contributed by atoms with van der Waals surface area (Å²) in [4.78, 5) is 23.6. The number of carbonyl (C=O) groups excluding carboxylic acids is 1. The van der Waals surface area contributed by atoms with Gasteiger partial charge in [0.1, 0.15) is 5.75 Å². The normalized spacial score (nSPS) is 14.4. The number of hydrogen-bond donors (Lipinski definition) is 4. The molecule has 0 unspecified atom stereocenters. The number of piperidine rings is 1. The van der Waals surface area contributed by atoms with Gasteiger partial charge in [0.25, 0.3) is 0 Å². The highest BCUT2D eigenvalue weighted by molar-refractivity contribution is 7.92. The molecule has 1 amide bonds. The van der Waals surface area contributed by atoms with Gasteiger partial charge in [0.2, 0.25) is 17.8 Å². The molecule has 1 fully saturated rings. The summed E-state index contributed by atoms with van der Waals surface area (Å²) in [6, 6.07) is 12.0. The van der Waals surface area contributed by atoms with Gasteiger partial charge in [0, 0.05) is 19.2 Å². The number of rotatable bonds is 10. The summed E-state index contributed by atoms with van der Waals surface area (Å²) in [6.07, 6.45) is 3.23. The van der Waals surface area contributed by atoms with Crippen molar-refractivity contribution in [2.24, 2.45) is 0 Å². The largest absolute Gasteiger partial charge is 0.506 e. The minimum absolute atomic E-state index is 0.0612. The van der Waals surface area contributed by atoms with Crippen molar-refractivity contribution in [3.05, 3.63) is 59.8 Å². The van der Waals surface area contributed by atoms with Crippen molar-refractivity contribution in [1.82, 2.24) is 29.8 Å². The second-order valence-corrected chi connectivity index (χ2v) is 13.4. The summed E-state index contributed by atoms with van der Waals surface area (Å²) >= 11 is 0. The van der Waals surface area contributed by atoms with Crippen LogP contribution >= 0.6 is 0 Å². The fraction of sp³-hybridized carbons (Fsp3) is 0.400. The van der Waals surface area contributed by atoms with Gasteiger partial charge in [-0.15, -0.1) is 0 Å². The molecule has 1 aliphatic heterocycles. The molecule has 0 atom stereocenters. The molecule has 0 bridgehead atoms. The minimum Gasteiger partial charge on any atom is -0.506 e. The van der Waals surface area contributed by atoms with Gasteiger partial charge in [0.15, 0.2) is 15.5 Å². The molecule has 43 heavy (non-hydrogen) atoms. The van der Waals surface area contributed by atoms with E-state index in [-0.39, 0.29) is 34.4 Å². The first kappa shape index (κ1) is 30.2. The maximum Gasteiger partial charge on any atom is 0.236 e. The van der Waals surface area contributed by atoms with Gasteiger partial charge in [-0.1, -0.05) is 19.1 Å². The summed E-state index contributed by atoms with van der Waals surface area (Å²) in [7, 11) is -3.57. The Morgan fingerprint density at radius 2 is 1.81 bits per heavy atom. The summed E-state index contributed by atoms with van der Waals surface area (Å²) in [5, 5.41) is 24.0. The van der Waals surface area contributed by atoms with E-state index in [0.717, 1.165) is 30.5 Å². The van der Waals surface area contributed by atoms with Crippen molar-refractivity contribution in [3.8, 4) is 5.75 Å². The number of likely N-dealkylation sites (tertiary alicyclic amines) is 1. The van der Waals surface area contributed by atoms with E-state index in [2.05, 4.69) is 31.0 Å². The molecule has 1 saturated heterocycles. The molecule has 0 spiro atoms. The molecule has 13 heteroatoms. The van der Waals surface area contributed by atoms with Gasteiger partial charge >= 0.3 is 0 Å². The summed E-state index contributed by atoms with van der Waals surface area (Å²) < 4.78 is 27.5. The predicted molar refractivity (Wildman–Crippen MR) is 166 cm³/mol. The van der Waals surface area contributed by atoms with Gasteiger partial charge < -0.3 is 26.0 Å². The topological polar surface area (TPSA) is 154 Å². The fourth-order valence-corrected chi connectivity index (χ4v) is 6.51. The first-order chi connectivity index (χ1) is 20.6. The first-order valence-corrected chi connectivity index (χ1v) is 16.0. The number of nitrogens with zero attached hydrogens (tertiary/aromatic N) is 5. The number of benzene rings is 2. The zero-order valence-electron chi connectivity index (χ0n) is 24.8. The number of phenolic OH excluding ortho intramolecular Hbond substituents is 1. The fourth-order valence-electron chi connectivity index (χ4n) is 5.31. The second-order valence-electron chi connectivity index (χ2n) is 11.0. The lowest BCUT2D eigenvalue weighted by atomic mass is 9.86. The number of hydrogen-bond acceptors (Lipinski definition) is 10. The number of anilines is 4. The molecular formula is C30H38N8O4S. The lowest BCUT2D eigenvalue weighted by Crippen LogP contribution is -2.42. The SMILES string of the molecule is CCNCC(=O)N1CCC(c2cc(O)c(Nc3nc(Nc4ccccc4S(=O)(=O)C(C)C)n4nccc4n3)cc2C)CC1. The van der Waals surface area contributed by atoms with Crippen LogP contribution in [0.5, 0.6) is 5.75 Å². The van der Waals surface area contributed by atoms with E-state index in [1.807, 2.05) is 24.8 Å². The number of para-hydroxylation sites is 1. The van der Waals surface area contributed by atoms with E-state index in [4.69, 9.17) is 0 Å². The minimum atomic E-state index is -3.57. The molecule has 1 aliphatic rings. The van der Waals surface area contributed by atoms with Gasteiger partial charge in [-0.05, 0) is 81.5 Å². The molecule has 4 N–H and O–H groups in total. The Bertz CT molecular complexity index is 1730. The average Bonchev–Trinajstić information content (AvgIpc) is 3.47. The van der Waals surface area contributed by atoms with Gasteiger partial charge in [-0.2, -0.15) is 19.6 Å². The number of phenols is 1. The van der Waals surface area contributed by atoms with Crippen LogP contribution < -0.4 is 16.0 Å². The Kier molecular flexibility index (Phi) is 8.83. The van der Waals surface area contributed by atoms with E-state index in [1.54, 1.807) is 56.4 Å². The van der Waals surface area contributed by atoms with E-state index in [0.29, 0.717) is 36.7 Å². The molecule has 4 aromatic rings. The molecule has 0 radical (unpaired) electrons. The van der Waals surface area contributed by atoms with Gasteiger partial charge in [0.05, 0.1) is 34.3 Å². The third kappa shape index (κ3) is 6.42. The van der Waals surface area contributed by atoms with Crippen LogP contribution in [0.15, 0.2) is 53.6 Å². The lowest BCUT2D eigenvalue weighted by Gasteiger charge is -2.33. The first-order valence-electron chi connectivity index (χ1n) is 14.5. The van der Waals surface area contributed by atoms with Gasteiger partial charge in [-0.3, -0.25) is 4.79 Å². The maximum atomic E-state index is 13.0. The van der Waals surface area contributed by atoms with Crippen molar-refractivity contribution >= 4 is 44.7 Å². The highest BCUT2D eigenvalue weighted by Gasteiger charge is 2.26. The molecule has 0 aliphatic carbocycles. The number of aromatic hydroxyl groups is 1. The lowest BCUT2D eigenvalue weighted by molar-refractivity contribution is -0.131. The van der Waals surface area contributed by atoms with Gasteiger partial charge in [-0.25, -0.2) is 8.42 Å². The summed E-state index contributed by atoms with van der Waals surface area (Å²) in [6.45, 7) is 9.75. The van der Waals surface area contributed by atoms with Crippen LogP contribution in [0.2, 0.25) is 0 Å². The van der Waals surface area contributed by atoms with Crippen LogP contribution in [-0.4, -0.2) is 75.3 Å². The molecule has 0 saturated carbocycles. The average molecular weight is 607 g/mol. The van der Waals surface area contributed by atoms with Crippen molar-refractivity contribution < 1.29 is 18.3 Å². The number of carbonyl (C=O) groups is 1. The third-order valence-corrected chi connectivity index (χ3v) is 9.97. The number of fused-ring (bicyclic) bond motifs is 1. The number of aromatic nitrogens is 4. The predicted octanol–water partition coefficient (Wildman–Crippen LogP) is 4.12. The second kappa shape index (κ2) is 12.6. The van der Waals surface area contributed by atoms with Crippen LogP contribution in [0.3, 0.4) is 0 Å². The van der Waals surface area contributed by atoms with Crippen LogP contribution in [0, 0.1) is 6.92 Å². The smallest absolute Gasteiger partial charge is 0.236 e. The zero-order chi connectivity index (χ0) is 30.7. The monoisotopic (exact) mass is 606 g/mol. The van der Waals surface area contributed by atoms with Crippen molar-refractivity contribution in [2.45, 2.75) is 56.6 Å². The Hall–Kier alpha value is -4.23. The number of likely N-dealkylation sites (N-methyl/N-ethyl adjacent to an activating group) is 1. The number of sulfone groups is 1. The maximum absolute atomic E-state index is 13.0.